The summed E-state index contributed by atoms with van der Waals surface area (Å²) in [5, 5.41) is 3.78. The van der Waals surface area contributed by atoms with Crippen LogP contribution < -0.4 is 10.1 Å². The number of carbonyl (C=O) groups excluding carboxylic acids is 1. The largest absolute Gasteiger partial charge is 0.474 e. The Hall–Kier alpha value is -1.82. The summed E-state index contributed by atoms with van der Waals surface area (Å²) in [6, 6.07) is 8.89. The number of amides is 1. The Kier molecular flexibility index (Phi) is 7.13. The van der Waals surface area contributed by atoms with Crippen molar-refractivity contribution in [1.29, 1.82) is 0 Å². The first kappa shape index (κ1) is 21.4. The zero-order valence-electron chi connectivity index (χ0n) is 16.9. The van der Waals surface area contributed by atoms with Gasteiger partial charge in [0.25, 0.3) is 0 Å². The maximum absolute atomic E-state index is 12.2. The van der Waals surface area contributed by atoms with Crippen LogP contribution in [0.4, 0.5) is 5.69 Å². The predicted molar refractivity (Wildman–Crippen MR) is 120 cm³/mol. The van der Waals surface area contributed by atoms with Gasteiger partial charge < -0.3 is 15.0 Å². The first-order valence-electron chi connectivity index (χ1n) is 10.6. The molecule has 1 saturated heterocycles. The molecule has 0 spiro atoms. The molecule has 1 saturated carbocycles. The molecule has 0 unspecified atom stereocenters. The number of piperidine rings is 1. The number of nitrogens with one attached hydrogen (secondary N) is 1. The number of aryl methyl sites for hydroxylation is 1. The van der Waals surface area contributed by atoms with Gasteiger partial charge >= 0.3 is 0 Å². The van der Waals surface area contributed by atoms with Crippen molar-refractivity contribution >= 4 is 34.8 Å². The number of benzene rings is 1. The highest BCUT2D eigenvalue weighted by molar-refractivity contribution is 6.36. The maximum atomic E-state index is 12.2. The number of anilines is 1. The zero-order chi connectivity index (χ0) is 20.9. The molecule has 1 aliphatic carbocycles. The first-order chi connectivity index (χ1) is 14.5. The highest BCUT2D eigenvalue weighted by Gasteiger charge is 2.27. The number of halogens is 2. The van der Waals surface area contributed by atoms with Crippen LogP contribution in [-0.4, -0.2) is 41.5 Å². The van der Waals surface area contributed by atoms with Crippen molar-refractivity contribution in [2.45, 2.75) is 44.6 Å². The minimum Gasteiger partial charge on any atom is -0.474 e. The molecule has 0 atom stereocenters. The van der Waals surface area contributed by atoms with Crippen molar-refractivity contribution in [3.63, 3.8) is 0 Å². The topological polar surface area (TPSA) is 54.5 Å². The summed E-state index contributed by atoms with van der Waals surface area (Å²) in [6.07, 6.45) is 7.91. The normalized spacial score (nSPS) is 17.7. The molecule has 5 nitrogen and oxygen atoms in total. The third-order valence-electron chi connectivity index (χ3n) is 5.68. The molecular formula is C23H27Cl2N3O2. The predicted octanol–water partition coefficient (Wildman–Crippen LogP) is 5.21. The van der Waals surface area contributed by atoms with E-state index in [1.807, 2.05) is 12.1 Å². The fraction of sp³-hybridized carbons (Fsp3) is 0.478. The fourth-order valence-electron chi connectivity index (χ4n) is 3.74. The molecule has 7 heteroatoms. The third-order valence-corrected chi connectivity index (χ3v) is 6.23. The zero-order valence-corrected chi connectivity index (χ0v) is 18.5. The van der Waals surface area contributed by atoms with Crippen LogP contribution in [0.25, 0.3) is 0 Å². The van der Waals surface area contributed by atoms with Gasteiger partial charge in [0.1, 0.15) is 6.10 Å². The van der Waals surface area contributed by atoms with Gasteiger partial charge in [0.2, 0.25) is 11.8 Å². The second kappa shape index (κ2) is 9.99. The van der Waals surface area contributed by atoms with Crippen molar-refractivity contribution in [1.82, 2.24) is 9.88 Å². The summed E-state index contributed by atoms with van der Waals surface area (Å²) in [6.45, 7) is 3.50. The molecule has 0 bridgehead atoms. The van der Waals surface area contributed by atoms with Crippen molar-refractivity contribution in [2.75, 3.05) is 25.0 Å². The minimum atomic E-state index is -0.0995. The number of pyridine rings is 1. The van der Waals surface area contributed by atoms with Gasteiger partial charge in [-0.15, -0.1) is 0 Å². The van der Waals surface area contributed by atoms with E-state index in [0.717, 1.165) is 37.4 Å². The highest BCUT2D eigenvalue weighted by atomic mass is 35.5. The minimum absolute atomic E-state index is 0.0995. The lowest BCUT2D eigenvalue weighted by atomic mass is 10.1. The van der Waals surface area contributed by atoms with Crippen LogP contribution in [0.3, 0.4) is 0 Å². The van der Waals surface area contributed by atoms with E-state index in [4.69, 9.17) is 27.9 Å². The van der Waals surface area contributed by atoms with Crippen LogP contribution in [0.15, 0.2) is 36.5 Å². The molecule has 1 aliphatic heterocycles. The number of aromatic nitrogens is 1. The molecule has 2 fully saturated rings. The lowest BCUT2D eigenvalue weighted by molar-refractivity contribution is -0.116. The van der Waals surface area contributed by atoms with Crippen LogP contribution in [0.5, 0.6) is 5.88 Å². The Morgan fingerprint density at radius 1 is 1.13 bits per heavy atom. The van der Waals surface area contributed by atoms with Crippen LogP contribution in [-0.2, 0) is 11.2 Å². The maximum Gasteiger partial charge on any atom is 0.224 e. The average molecular weight is 448 g/mol. The smallest absolute Gasteiger partial charge is 0.224 e. The van der Waals surface area contributed by atoms with Crippen LogP contribution >= 0.6 is 23.2 Å². The van der Waals surface area contributed by atoms with E-state index in [0.29, 0.717) is 34.5 Å². The van der Waals surface area contributed by atoms with Gasteiger partial charge in [0.15, 0.2) is 0 Å². The molecule has 0 radical (unpaired) electrons. The monoisotopic (exact) mass is 447 g/mol. The molecule has 2 aliphatic rings. The molecular weight excluding hydrogens is 421 g/mol. The van der Waals surface area contributed by atoms with E-state index < -0.39 is 0 Å². The number of hydrogen-bond acceptors (Lipinski definition) is 4. The quantitative estimate of drug-likeness (QED) is 0.602. The van der Waals surface area contributed by atoms with Gasteiger partial charge in [-0.3, -0.25) is 4.79 Å². The number of nitrogens with zero attached hydrogens (tertiary/aromatic N) is 2. The summed E-state index contributed by atoms with van der Waals surface area (Å²) in [5.74, 6) is 1.51. The number of hydrogen-bond donors (Lipinski definition) is 1. The van der Waals surface area contributed by atoms with Crippen LogP contribution in [0.2, 0.25) is 10.0 Å². The standard InChI is InChI=1S/C23H27Cl2N3O2/c24-18-5-6-21(20(25)13-18)27-22(29)7-3-16-4-8-23(26-14-16)30-19-9-11-28(12-10-19)15-17-1-2-17/h4-6,8,13-14,17,19H,1-3,7,9-12,15H2,(H,27,29). The first-order valence-corrected chi connectivity index (χ1v) is 11.4. The van der Waals surface area contributed by atoms with Gasteiger partial charge in [-0.1, -0.05) is 29.3 Å². The molecule has 160 valence electrons. The van der Waals surface area contributed by atoms with Crippen molar-refractivity contribution in [3.05, 3.63) is 52.1 Å². The SMILES string of the molecule is O=C(CCc1ccc(OC2CCN(CC3CC3)CC2)nc1)Nc1ccc(Cl)cc1Cl. The Balaban J connectivity index is 1.19. The summed E-state index contributed by atoms with van der Waals surface area (Å²) >= 11 is 12.0. The number of ether oxygens (including phenoxy) is 1. The average Bonchev–Trinajstić information content (AvgIpc) is 3.55. The van der Waals surface area contributed by atoms with Gasteiger partial charge in [-0.2, -0.15) is 0 Å². The van der Waals surface area contributed by atoms with E-state index in [1.54, 1.807) is 24.4 Å². The molecule has 4 rings (SSSR count). The molecule has 1 aromatic heterocycles. The molecule has 2 heterocycles. The molecule has 1 aromatic carbocycles. The van der Waals surface area contributed by atoms with Gasteiger partial charge in [-0.25, -0.2) is 4.98 Å². The Morgan fingerprint density at radius 2 is 1.93 bits per heavy atom. The lowest BCUT2D eigenvalue weighted by Gasteiger charge is -2.31. The Morgan fingerprint density at radius 3 is 2.60 bits per heavy atom. The van der Waals surface area contributed by atoms with Crippen molar-refractivity contribution in [2.24, 2.45) is 5.92 Å². The molecule has 1 amide bonds. The second-order valence-corrected chi connectivity index (χ2v) is 9.08. The Bertz CT molecular complexity index is 863. The number of likely N-dealkylation sites (tertiary alicyclic amines) is 1. The van der Waals surface area contributed by atoms with E-state index in [-0.39, 0.29) is 12.0 Å². The highest BCUT2D eigenvalue weighted by Crippen LogP contribution is 2.31. The summed E-state index contributed by atoms with van der Waals surface area (Å²) in [7, 11) is 0. The van der Waals surface area contributed by atoms with E-state index in [9.17, 15) is 4.79 Å². The van der Waals surface area contributed by atoms with Crippen molar-refractivity contribution in [3.8, 4) is 5.88 Å². The van der Waals surface area contributed by atoms with Gasteiger partial charge in [-0.05, 0) is 61.8 Å². The number of rotatable bonds is 8. The summed E-state index contributed by atoms with van der Waals surface area (Å²) in [5.41, 5.74) is 1.56. The Labute approximate surface area is 187 Å². The van der Waals surface area contributed by atoms with E-state index in [1.165, 1.54) is 19.4 Å². The third kappa shape index (κ3) is 6.34. The van der Waals surface area contributed by atoms with E-state index in [2.05, 4.69) is 15.2 Å². The summed E-state index contributed by atoms with van der Waals surface area (Å²) < 4.78 is 6.06. The number of carbonyl (C=O) groups is 1. The van der Waals surface area contributed by atoms with Crippen LogP contribution in [0.1, 0.15) is 37.7 Å². The summed E-state index contributed by atoms with van der Waals surface area (Å²) in [4.78, 5) is 19.2. The van der Waals surface area contributed by atoms with Crippen LogP contribution in [0, 0.1) is 5.92 Å². The van der Waals surface area contributed by atoms with Crippen molar-refractivity contribution < 1.29 is 9.53 Å². The molecule has 2 aromatic rings. The molecule has 1 N–H and O–H groups in total. The van der Waals surface area contributed by atoms with Gasteiger partial charge in [0, 0.05) is 43.3 Å². The molecule has 30 heavy (non-hydrogen) atoms. The lowest BCUT2D eigenvalue weighted by Crippen LogP contribution is -2.39. The van der Waals surface area contributed by atoms with Gasteiger partial charge in [0.05, 0.1) is 10.7 Å². The second-order valence-electron chi connectivity index (χ2n) is 8.24. The fourth-order valence-corrected chi connectivity index (χ4v) is 4.19. The van der Waals surface area contributed by atoms with E-state index >= 15 is 0 Å².